The van der Waals surface area contributed by atoms with Crippen LogP contribution in [0.3, 0.4) is 0 Å². The number of benzene rings is 9. The van der Waals surface area contributed by atoms with Gasteiger partial charge in [-0.2, -0.15) is 0 Å². The van der Waals surface area contributed by atoms with E-state index in [9.17, 15) is 0 Å². The number of aryl methyl sites for hydroxylation is 1. The maximum atomic E-state index is 7.03. The van der Waals surface area contributed by atoms with Crippen molar-refractivity contribution in [2.24, 2.45) is 0 Å². The summed E-state index contributed by atoms with van der Waals surface area (Å²) >= 11 is 3.80. The lowest BCUT2D eigenvalue weighted by atomic mass is 9.62. The Hall–Kier alpha value is -7.38. The second kappa shape index (κ2) is 16.6. The van der Waals surface area contributed by atoms with Crippen LogP contribution in [0.5, 0.6) is 0 Å². The van der Waals surface area contributed by atoms with E-state index in [2.05, 4.69) is 233 Å². The summed E-state index contributed by atoms with van der Waals surface area (Å²) in [6.45, 7) is 13.7. The van der Waals surface area contributed by atoms with E-state index in [0.717, 1.165) is 35.5 Å². The molecule has 1 aliphatic rings. The van der Waals surface area contributed by atoms with E-state index < -0.39 is 0 Å². The average molecular weight is 979 g/mol. The quantitative estimate of drug-likeness (QED) is 0.154. The molecule has 0 saturated carbocycles. The highest BCUT2D eigenvalue weighted by atomic mass is 32.1. The monoisotopic (exact) mass is 978 g/mol. The predicted octanol–water partition coefficient (Wildman–Crippen LogP) is 17.7. The van der Waals surface area contributed by atoms with E-state index in [1.807, 2.05) is 22.7 Å². The summed E-state index contributed by atoms with van der Waals surface area (Å²) in [5.74, 6) is 0.333. The number of hydrogen-bond donors (Lipinski definition) is 1. The van der Waals surface area contributed by atoms with Crippen LogP contribution in [0.1, 0.15) is 81.7 Å². The smallest absolute Gasteiger partial charge is 0.244 e. The summed E-state index contributed by atoms with van der Waals surface area (Å²) in [6, 6.07) is 68.6. The number of anilines is 2. The van der Waals surface area contributed by atoms with E-state index in [4.69, 9.17) is 4.42 Å². The number of furan rings is 1. The summed E-state index contributed by atoms with van der Waals surface area (Å²) in [5.41, 5.74) is 18.3. The van der Waals surface area contributed by atoms with Crippen molar-refractivity contribution in [3.8, 4) is 16.8 Å². The van der Waals surface area contributed by atoms with Gasteiger partial charge >= 0.3 is 0 Å². The zero-order valence-corrected chi connectivity index (χ0v) is 43.8. The molecule has 1 aliphatic heterocycles. The van der Waals surface area contributed by atoms with Gasteiger partial charge in [0.25, 0.3) is 0 Å². The van der Waals surface area contributed by atoms with Crippen LogP contribution in [0.4, 0.5) is 11.4 Å². The van der Waals surface area contributed by atoms with Crippen LogP contribution in [-0.4, -0.2) is 11.8 Å². The highest BCUT2D eigenvalue weighted by Crippen LogP contribution is 2.46. The normalized spacial score (nSPS) is 12.9. The van der Waals surface area contributed by atoms with Crippen molar-refractivity contribution >= 4 is 126 Å². The molecular formula is C67H55BN2OS2. The van der Waals surface area contributed by atoms with Gasteiger partial charge in [-0.25, -0.2) is 0 Å². The molecule has 4 aromatic heterocycles. The molecule has 0 unspecified atom stereocenters. The van der Waals surface area contributed by atoms with E-state index in [0.29, 0.717) is 13.2 Å². The van der Waals surface area contributed by atoms with Gasteiger partial charge in [0.05, 0.1) is 16.9 Å². The molecule has 0 fully saturated rings. The fraction of sp³-hybridized carbons (Fsp3) is 0.164. The molecule has 14 rings (SSSR count). The topological polar surface area (TPSA) is 30.1 Å². The molecule has 6 heteroatoms. The Morgan fingerprint density at radius 3 is 1.92 bits per heavy atom. The van der Waals surface area contributed by atoms with Crippen LogP contribution in [0.15, 0.2) is 186 Å². The molecule has 13 aromatic rings. The minimum absolute atomic E-state index is 0.00746. The number of nitrogens with zero attached hydrogens (tertiary/aromatic N) is 1. The second-order valence-corrected chi connectivity index (χ2v) is 24.7. The van der Waals surface area contributed by atoms with Gasteiger partial charge in [0, 0.05) is 84.9 Å². The summed E-state index contributed by atoms with van der Waals surface area (Å²) in [6.07, 6.45) is 2.03. The van der Waals surface area contributed by atoms with Gasteiger partial charge < -0.3 is 14.3 Å². The Kier molecular flexibility index (Phi) is 10.1. The molecule has 0 amide bonds. The van der Waals surface area contributed by atoms with Crippen LogP contribution in [-0.2, 0) is 17.3 Å². The molecule has 3 nitrogen and oxygen atoms in total. The Labute approximate surface area is 435 Å². The summed E-state index contributed by atoms with van der Waals surface area (Å²) in [5, 5.41) is 13.0. The van der Waals surface area contributed by atoms with Crippen LogP contribution >= 0.6 is 22.7 Å². The average Bonchev–Trinajstić information content (AvgIpc) is 4.15. The first kappa shape index (κ1) is 44.3. The van der Waals surface area contributed by atoms with Gasteiger partial charge in [-0.3, -0.25) is 0 Å². The van der Waals surface area contributed by atoms with Crippen LogP contribution in [0.2, 0.25) is 0 Å². The Balaban J connectivity index is 0.960. The van der Waals surface area contributed by atoms with Crippen LogP contribution < -0.4 is 16.4 Å². The molecule has 354 valence electrons. The maximum Gasteiger partial charge on any atom is 0.244 e. The SMILES string of the molecule is CC(C)(C)c1ccc(Nc2cc3c(cc2-c2ccc4c5cc6c(cc5n5c4c2Bc2oc4ccc(C(C)(C)C)cc4c2-5)sc2ccccc26)sc2cc(CCC(c4ccccc4)c4ccccc4)ccc23)cc1. The number of fused-ring (bicyclic) bond motifs is 13. The van der Waals surface area contributed by atoms with Crippen LogP contribution in [0.25, 0.3) is 89.9 Å². The van der Waals surface area contributed by atoms with E-state index in [1.54, 1.807) is 0 Å². The second-order valence-electron chi connectivity index (χ2n) is 22.5. The first-order valence-electron chi connectivity index (χ1n) is 25.9. The summed E-state index contributed by atoms with van der Waals surface area (Å²) < 4.78 is 14.8. The number of aromatic nitrogens is 1. The molecule has 0 spiro atoms. The zero-order chi connectivity index (χ0) is 49.3. The predicted molar refractivity (Wildman–Crippen MR) is 318 cm³/mol. The molecule has 73 heavy (non-hydrogen) atoms. The summed E-state index contributed by atoms with van der Waals surface area (Å²) in [4.78, 5) is 0. The van der Waals surface area contributed by atoms with Crippen molar-refractivity contribution in [2.75, 3.05) is 5.32 Å². The number of hydrogen-bond acceptors (Lipinski definition) is 4. The standard InChI is InChI=1S/C67H55BN2OS2/c1-66(2,3)42-23-26-44(27-24-42)69-55-36-53-47-29-22-39(21-28-45(40-15-9-7-10-16-40)41-17-11-8-12-18-41)33-59(47)73-60(53)37-50(55)48-30-31-49-51-35-52-46-19-13-14-20-58(46)72-61(52)38-56(51)70-63(49)62(48)68-65-64(70)54-34-43(67(4,5)6)25-32-57(54)71-65/h7-20,22-27,29-38,45,68-69H,21,28H2,1-6H3. The van der Waals surface area contributed by atoms with Crippen molar-refractivity contribution in [2.45, 2.75) is 71.1 Å². The first-order chi connectivity index (χ1) is 35.4. The zero-order valence-electron chi connectivity index (χ0n) is 42.2. The van der Waals surface area contributed by atoms with E-state index in [-0.39, 0.29) is 10.8 Å². The Morgan fingerprint density at radius 2 is 1.16 bits per heavy atom. The van der Waals surface area contributed by atoms with Gasteiger partial charge in [-0.15, -0.1) is 22.7 Å². The lowest BCUT2D eigenvalue weighted by Gasteiger charge is -2.22. The summed E-state index contributed by atoms with van der Waals surface area (Å²) in [7, 11) is 0.690. The minimum atomic E-state index is -0.00746. The van der Waals surface area contributed by atoms with Crippen molar-refractivity contribution in [3.05, 3.63) is 210 Å². The Morgan fingerprint density at radius 1 is 0.521 bits per heavy atom. The largest absolute Gasteiger partial charge is 0.469 e. The fourth-order valence-electron chi connectivity index (χ4n) is 11.9. The van der Waals surface area contributed by atoms with Crippen molar-refractivity contribution in [3.63, 3.8) is 0 Å². The lowest BCUT2D eigenvalue weighted by molar-refractivity contribution is 0.590. The third-order valence-electron chi connectivity index (χ3n) is 15.8. The first-order valence-corrected chi connectivity index (χ1v) is 27.5. The van der Waals surface area contributed by atoms with Crippen molar-refractivity contribution < 1.29 is 4.42 Å². The molecule has 5 heterocycles. The third kappa shape index (κ3) is 7.36. The van der Waals surface area contributed by atoms with E-state index >= 15 is 0 Å². The number of thiophene rings is 2. The minimum Gasteiger partial charge on any atom is -0.469 e. The molecular weight excluding hydrogens is 924 g/mol. The molecule has 9 aromatic carbocycles. The van der Waals surface area contributed by atoms with Gasteiger partial charge in [0.1, 0.15) is 5.58 Å². The third-order valence-corrected chi connectivity index (χ3v) is 18.1. The highest BCUT2D eigenvalue weighted by Gasteiger charge is 2.32. The van der Waals surface area contributed by atoms with Gasteiger partial charge in [0.2, 0.25) is 7.28 Å². The molecule has 0 atom stereocenters. The molecule has 0 aliphatic carbocycles. The van der Waals surface area contributed by atoms with Crippen LogP contribution in [0, 0.1) is 0 Å². The Bertz CT molecular complexity index is 4290. The number of nitrogens with one attached hydrogen (secondary N) is 1. The van der Waals surface area contributed by atoms with E-state index in [1.165, 1.54) is 118 Å². The molecule has 0 saturated heterocycles. The molecule has 1 N–H and O–H groups in total. The van der Waals surface area contributed by atoms with Gasteiger partial charge in [-0.05, 0) is 123 Å². The van der Waals surface area contributed by atoms with Crippen molar-refractivity contribution in [1.82, 2.24) is 4.57 Å². The van der Waals surface area contributed by atoms with Gasteiger partial charge in [0.15, 0.2) is 0 Å². The molecule has 0 radical (unpaired) electrons. The maximum absolute atomic E-state index is 7.03. The fourth-order valence-corrected chi connectivity index (χ4v) is 14.3. The number of rotatable bonds is 8. The van der Waals surface area contributed by atoms with Crippen molar-refractivity contribution in [1.29, 1.82) is 0 Å². The molecule has 0 bridgehead atoms. The highest BCUT2D eigenvalue weighted by molar-refractivity contribution is 7.26. The van der Waals surface area contributed by atoms with Gasteiger partial charge in [-0.1, -0.05) is 163 Å². The lowest BCUT2D eigenvalue weighted by Crippen LogP contribution is -2.36.